The lowest BCUT2D eigenvalue weighted by Crippen LogP contribution is -2.44. The van der Waals surface area contributed by atoms with Crippen LogP contribution in [0.15, 0.2) is 0 Å². The smallest absolute Gasteiger partial charge is 0.347 e. The van der Waals surface area contributed by atoms with Gasteiger partial charge in [-0.2, -0.15) is 0 Å². The third-order valence-electron chi connectivity index (χ3n) is 3.21. The lowest BCUT2D eigenvalue weighted by Gasteiger charge is -2.26. The highest BCUT2D eigenvalue weighted by Gasteiger charge is 2.27. The predicted octanol–water partition coefficient (Wildman–Crippen LogP) is -0.152. The number of hydrogen-bond acceptors (Lipinski definition) is 7. The molecule has 0 aliphatic carbocycles. The van der Waals surface area contributed by atoms with Gasteiger partial charge in [0.05, 0.1) is 25.2 Å². The van der Waals surface area contributed by atoms with Crippen LogP contribution >= 0.6 is 0 Å². The monoisotopic (exact) mass is 321 g/mol. The SMILES string of the molecule is COC(=O)[C@@H](CC(C)C)OC(=O)CN1CCS(=O)(=O)CC1. The third-order valence-corrected chi connectivity index (χ3v) is 4.82. The van der Waals surface area contributed by atoms with Gasteiger partial charge >= 0.3 is 11.9 Å². The zero-order valence-corrected chi connectivity index (χ0v) is 13.5. The number of sulfone groups is 1. The molecule has 0 saturated carbocycles. The second-order valence-electron chi connectivity index (χ2n) is 5.56. The van der Waals surface area contributed by atoms with Crippen molar-refractivity contribution in [2.24, 2.45) is 5.92 Å². The Balaban J connectivity index is 2.48. The Morgan fingerprint density at radius 2 is 1.76 bits per heavy atom. The van der Waals surface area contributed by atoms with Gasteiger partial charge in [-0.1, -0.05) is 13.8 Å². The van der Waals surface area contributed by atoms with Crippen LogP contribution in [0.2, 0.25) is 0 Å². The second kappa shape index (κ2) is 7.74. The van der Waals surface area contributed by atoms with Crippen molar-refractivity contribution in [3.8, 4) is 0 Å². The summed E-state index contributed by atoms with van der Waals surface area (Å²) in [5.41, 5.74) is 0. The first-order valence-corrected chi connectivity index (χ1v) is 8.75. The van der Waals surface area contributed by atoms with Crippen LogP contribution in [0, 0.1) is 5.92 Å². The van der Waals surface area contributed by atoms with Crippen LogP contribution < -0.4 is 0 Å². The highest BCUT2D eigenvalue weighted by Crippen LogP contribution is 2.11. The molecule has 1 heterocycles. The minimum Gasteiger partial charge on any atom is -0.466 e. The van der Waals surface area contributed by atoms with Crippen molar-refractivity contribution in [3.63, 3.8) is 0 Å². The molecule has 0 radical (unpaired) electrons. The van der Waals surface area contributed by atoms with E-state index in [1.54, 1.807) is 4.90 Å². The molecule has 1 atom stereocenters. The standard InChI is InChI=1S/C13H23NO6S/c1-10(2)8-11(13(16)19-3)20-12(15)9-14-4-6-21(17,18)7-5-14/h10-11H,4-9H2,1-3H3/t11-/m1/s1. The Kier molecular flexibility index (Phi) is 6.60. The topological polar surface area (TPSA) is 90.0 Å². The number of methoxy groups -OCH3 is 1. The third kappa shape index (κ3) is 6.43. The fraction of sp³-hybridized carbons (Fsp3) is 0.846. The molecule has 0 spiro atoms. The van der Waals surface area contributed by atoms with Gasteiger partial charge in [-0.25, -0.2) is 13.2 Å². The van der Waals surface area contributed by atoms with Gasteiger partial charge in [-0.05, 0) is 12.3 Å². The van der Waals surface area contributed by atoms with Gasteiger partial charge in [0.1, 0.15) is 0 Å². The van der Waals surface area contributed by atoms with Crippen molar-refractivity contribution >= 4 is 21.8 Å². The van der Waals surface area contributed by atoms with Crippen molar-refractivity contribution < 1.29 is 27.5 Å². The highest BCUT2D eigenvalue weighted by atomic mass is 32.2. The molecule has 1 aliphatic rings. The summed E-state index contributed by atoms with van der Waals surface area (Å²) in [7, 11) is -1.73. The highest BCUT2D eigenvalue weighted by molar-refractivity contribution is 7.91. The molecule has 1 rings (SSSR count). The average Bonchev–Trinajstić information content (AvgIpc) is 2.39. The molecule has 0 unspecified atom stereocenters. The molecular formula is C13H23NO6S. The van der Waals surface area contributed by atoms with Crippen molar-refractivity contribution in [1.82, 2.24) is 4.90 Å². The van der Waals surface area contributed by atoms with Crippen molar-refractivity contribution in [3.05, 3.63) is 0 Å². The van der Waals surface area contributed by atoms with E-state index in [0.717, 1.165) is 0 Å². The number of esters is 2. The van der Waals surface area contributed by atoms with E-state index < -0.39 is 27.9 Å². The Morgan fingerprint density at radius 3 is 2.24 bits per heavy atom. The van der Waals surface area contributed by atoms with Gasteiger partial charge in [0.15, 0.2) is 15.9 Å². The van der Waals surface area contributed by atoms with E-state index in [0.29, 0.717) is 19.5 Å². The Hall–Kier alpha value is -1.15. The van der Waals surface area contributed by atoms with Gasteiger partial charge in [0.25, 0.3) is 0 Å². The van der Waals surface area contributed by atoms with Gasteiger partial charge in [-0.3, -0.25) is 9.69 Å². The fourth-order valence-electron chi connectivity index (χ4n) is 2.04. The van der Waals surface area contributed by atoms with Crippen LogP contribution in [0.25, 0.3) is 0 Å². The lowest BCUT2D eigenvalue weighted by molar-refractivity contribution is -0.167. The first kappa shape index (κ1) is 17.9. The van der Waals surface area contributed by atoms with E-state index in [2.05, 4.69) is 4.74 Å². The van der Waals surface area contributed by atoms with Gasteiger partial charge < -0.3 is 9.47 Å². The second-order valence-corrected chi connectivity index (χ2v) is 7.86. The molecule has 1 fully saturated rings. The summed E-state index contributed by atoms with van der Waals surface area (Å²) in [4.78, 5) is 25.1. The van der Waals surface area contributed by atoms with E-state index in [4.69, 9.17) is 4.74 Å². The molecule has 0 bridgehead atoms. The normalized spacial score (nSPS) is 20.0. The first-order valence-electron chi connectivity index (χ1n) is 6.93. The summed E-state index contributed by atoms with van der Waals surface area (Å²) >= 11 is 0. The predicted molar refractivity (Wildman–Crippen MR) is 76.4 cm³/mol. The molecule has 0 amide bonds. The maximum atomic E-state index is 11.9. The molecule has 0 aromatic rings. The minimum atomic E-state index is -2.98. The fourth-order valence-corrected chi connectivity index (χ4v) is 3.32. The average molecular weight is 321 g/mol. The van der Waals surface area contributed by atoms with E-state index >= 15 is 0 Å². The maximum Gasteiger partial charge on any atom is 0.347 e. The van der Waals surface area contributed by atoms with E-state index in [1.807, 2.05) is 13.8 Å². The number of nitrogens with zero attached hydrogens (tertiary/aromatic N) is 1. The zero-order chi connectivity index (χ0) is 16.0. The lowest BCUT2D eigenvalue weighted by atomic mass is 10.1. The Bertz CT molecular complexity index is 459. The van der Waals surface area contributed by atoms with Crippen molar-refractivity contribution in [2.45, 2.75) is 26.4 Å². The molecular weight excluding hydrogens is 298 g/mol. The minimum absolute atomic E-state index is 0.0128. The molecule has 1 saturated heterocycles. The summed E-state index contributed by atoms with van der Waals surface area (Å²) in [5.74, 6) is -0.829. The van der Waals surface area contributed by atoms with E-state index in [1.165, 1.54) is 7.11 Å². The van der Waals surface area contributed by atoms with Crippen LogP contribution in [0.3, 0.4) is 0 Å². The number of rotatable bonds is 6. The molecule has 21 heavy (non-hydrogen) atoms. The zero-order valence-electron chi connectivity index (χ0n) is 12.7. The summed E-state index contributed by atoms with van der Waals surface area (Å²) in [5, 5.41) is 0. The largest absolute Gasteiger partial charge is 0.466 e. The van der Waals surface area contributed by atoms with E-state index in [-0.39, 0.29) is 24.0 Å². The summed E-state index contributed by atoms with van der Waals surface area (Å²) in [6.07, 6.45) is -0.511. The number of carbonyl (C=O) groups excluding carboxylic acids is 2. The molecule has 122 valence electrons. The van der Waals surface area contributed by atoms with Gasteiger partial charge in [-0.15, -0.1) is 0 Å². The maximum absolute atomic E-state index is 11.9. The number of hydrogen-bond donors (Lipinski definition) is 0. The summed E-state index contributed by atoms with van der Waals surface area (Å²) in [6.45, 7) is 4.44. The number of ether oxygens (including phenoxy) is 2. The Labute approximate surface area is 125 Å². The van der Waals surface area contributed by atoms with Crippen molar-refractivity contribution in [2.75, 3.05) is 38.2 Å². The number of carbonyl (C=O) groups is 2. The Morgan fingerprint density at radius 1 is 1.19 bits per heavy atom. The first-order chi connectivity index (χ1) is 9.73. The van der Waals surface area contributed by atoms with Crippen molar-refractivity contribution in [1.29, 1.82) is 0 Å². The van der Waals surface area contributed by atoms with Crippen LogP contribution in [0.5, 0.6) is 0 Å². The van der Waals surface area contributed by atoms with Gasteiger partial charge in [0.2, 0.25) is 0 Å². The quantitative estimate of drug-likeness (QED) is 0.628. The molecule has 0 aromatic heterocycles. The molecule has 7 nitrogen and oxygen atoms in total. The summed E-state index contributed by atoms with van der Waals surface area (Å²) in [6, 6.07) is 0. The molecule has 0 N–H and O–H groups in total. The van der Waals surface area contributed by atoms with E-state index in [9.17, 15) is 18.0 Å². The van der Waals surface area contributed by atoms with Crippen LogP contribution in [0.1, 0.15) is 20.3 Å². The molecule has 0 aromatic carbocycles. The molecule has 1 aliphatic heterocycles. The summed E-state index contributed by atoms with van der Waals surface area (Å²) < 4.78 is 32.4. The van der Waals surface area contributed by atoms with Crippen LogP contribution in [-0.4, -0.2) is 69.6 Å². The van der Waals surface area contributed by atoms with Crippen LogP contribution in [-0.2, 0) is 28.9 Å². The van der Waals surface area contributed by atoms with Gasteiger partial charge in [0, 0.05) is 13.1 Å². The van der Waals surface area contributed by atoms with Crippen LogP contribution in [0.4, 0.5) is 0 Å². The molecule has 8 heteroatoms.